The van der Waals surface area contributed by atoms with Crippen LogP contribution in [0.15, 0.2) is 76.2 Å². The number of aryl methyl sites for hydroxylation is 1. The summed E-state index contributed by atoms with van der Waals surface area (Å²) in [5.74, 6) is 0.580. The van der Waals surface area contributed by atoms with Crippen molar-refractivity contribution in [3.05, 3.63) is 83.8 Å². The van der Waals surface area contributed by atoms with Gasteiger partial charge in [0.2, 0.25) is 0 Å². The third-order valence-electron chi connectivity index (χ3n) is 5.31. The van der Waals surface area contributed by atoms with E-state index in [1.54, 1.807) is 18.4 Å². The average molecular weight is 425 g/mol. The van der Waals surface area contributed by atoms with E-state index in [1.807, 2.05) is 43.3 Å². The molecule has 2 aromatic carbocycles. The van der Waals surface area contributed by atoms with Gasteiger partial charge in [0.05, 0.1) is 16.8 Å². The molecule has 1 aliphatic rings. The number of nitrogens with zero attached hydrogens (tertiary/aromatic N) is 1. The summed E-state index contributed by atoms with van der Waals surface area (Å²) in [6.07, 6.45) is 3.76. The number of furan rings is 1. The van der Waals surface area contributed by atoms with Crippen molar-refractivity contribution in [3.63, 3.8) is 0 Å². The first kappa shape index (κ1) is 20.2. The van der Waals surface area contributed by atoms with E-state index in [4.69, 9.17) is 4.42 Å². The standard InChI is InChI=1S/C23H24N2O4S/c1-17(11-12-20-8-5-15-29-20)24-23(26)19-7-4-9-21(16-19)30(27,28)25-14-13-18-6-2-3-10-22(18)25/h2-10,15-17H,11-14H2,1H3,(H,24,26)/t17-/m0/s1. The summed E-state index contributed by atoms with van der Waals surface area (Å²) in [6, 6.07) is 17.4. The van der Waals surface area contributed by atoms with Crippen LogP contribution in [-0.4, -0.2) is 26.9 Å². The van der Waals surface area contributed by atoms with Gasteiger partial charge >= 0.3 is 0 Å². The molecule has 7 heteroatoms. The molecule has 6 nitrogen and oxygen atoms in total. The molecule has 1 aliphatic heterocycles. The molecule has 1 atom stereocenters. The minimum atomic E-state index is -3.74. The number of amides is 1. The molecule has 1 N–H and O–H groups in total. The van der Waals surface area contributed by atoms with Crippen LogP contribution >= 0.6 is 0 Å². The molecule has 0 aliphatic carbocycles. The summed E-state index contributed by atoms with van der Waals surface area (Å²) in [6.45, 7) is 2.32. The van der Waals surface area contributed by atoms with Gasteiger partial charge in [0.1, 0.15) is 5.76 Å². The van der Waals surface area contributed by atoms with E-state index in [1.165, 1.54) is 16.4 Å². The van der Waals surface area contributed by atoms with E-state index in [2.05, 4.69) is 5.32 Å². The normalized spacial score (nSPS) is 14.4. The van der Waals surface area contributed by atoms with E-state index < -0.39 is 10.0 Å². The van der Waals surface area contributed by atoms with Gasteiger partial charge in [0.15, 0.2) is 0 Å². The van der Waals surface area contributed by atoms with E-state index in [0.29, 0.717) is 24.2 Å². The molecule has 0 bridgehead atoms. The van der Waals surface area contributed by atoms with Crippen LogP contribution in [0, 0.1) is 0 Å². The predicted octanol–water partition coefficient (Wildman–Crippen LogP) is 3.78. The smallest absolute Gasteiger partial charge is 0.264 e. The lowest BCUT2D eigenvalue weighted by Gasteiger charge is -2.20. The molecule has 0 fully saturated rings. The highest BCUT2D eigenvalue weighted by Gasteiger charge is 2.31. The molecular formula is C23H24N2O4S. The van der Waals surface area contributed by atoms with Crippen LogP contribution < -0.4 is 9.62 Å². The Morgan fingerprint density at radius 2 is 1.97 bits per heavy atom. The van der Waals surface area contributed by atoms with Crippen molar-refractivity contribution in [3.8, 4) is 0 Å². The summed E-state index contributed by atoms with van der Waals surface area (Å²) >= 11 is 0. The van der Waals surface area contributed by atoms with Crippen LogP contribution in [0.2, 0.25) is 0 Å². The molecule has 1 aromatic heterocycles. The highest BCUT2D eigenvalue weighted by Crippen LogP contribution is 2.32. The lowest BCUT2D eigenvalue weighted by molar-refractivity contribution is 0.0938. The Labute approximate surface area is 176 Å². The summed E-state index contributed by atoms with van der Waals surface area (Å²) in [5.41, 5.74) is 2.05. The van der Waals surface area contributed by atoms with Crippen molar-refractivity contribution >= 4 is 21.6 Å². The third-order valence-corrected chi connectivity index (χ3v) is 7.12. The molecule has 1 amide bonds. The number of carbonyl (C=O) groups excluding carboxylic acids is 1. The molecule has 4 rings (SSSR count). The number of carbonyl (C=O) groups is 1. The maximum atomic E-state index is 13.2. The number of nitrogens with one attached hydrogen (secondary N) is 1. The number of benzene rings is 2. The average Bonchev–Trinajstić information content (AvgIpc) is 3.42. The van der Waals surface area contributed by atoms with Gasteiger partial charge in [-0.05, 0) is 61.7 Å². The van der Waals surface area contributed by atoms with Gasteiger partial charge in [-0.2, -0.15) is 0 Å². The first-order chi connectivity index (χ1) is 14.4. The van der Waals surface area contributed by atoms with Gasteiger partial charge < -0.3 is 9.73 Å². The molecule has 156 valence electrons. The number of para-hydroxylation sites is 1. The van der Waals surface area contributed by atoms with Crippen LogP contribution in [0.1, 0.15) is 35.0 Å². The van der Waals surface area contributed by atoms with E-state index in [-0.39, 0.29) is 16.8 Å². The lowest BCUT2D eigenvalue weighted by Crippen LogP contribution is -2.33. The maximum Gasteiger partial charge on any atom is 0.264 e. The Morgan fingerprint density at radius 1 is 1.13 bits per heavy atom. The van der Waals surface area contributed by atoms with Crippen LogP contribution in [0.4, 0.5) is 5.69 Å². The van der Waals surface area contributed by atoms with Crippen molar-refractivity contribution in [2.45, 2.75) is 37.1 Å². The SMILES string of the molecule is C[C@@H](CCc1ccco1)NC(=O)c1cccc(S(=O)(=O)N2CCc3ccccc32)c1. The number of hydrogen-bond acceptors (Lipinski definition) is 4. The summed E-state index contributed by atoms with van der Waals surface area (Å²) in [7, 11) is -3.74. The van der Waals surface area contributed by atoms with Crippen LogP contribution in [0.25, 0.3) is 0 Å². The summed E-state index contributed by atoms with van der Waals surface area (Å²) in [5, 5.41) is 2.93. The van der Waals surface area contributed by atoms with E-state index in [9.17, 15) is 13.2 Å². The Morgan fingerprint density at radius 3 is 2.77 bits per heavy atom. The summed E-state index contributed by atoms with van der Waals surface area (Å²) < 4.78 is 33.2. The zero-order valence-corrected chi connectivity index (χ0v) is 17.6. The predicted molar refractivity (Wildman–Crippen MR) is 115 cm³/mol. The second-order valence-electron chi connectivity index (χ2n) is 7.48. The fraction of sp³-hybridized carbons (Fsp3) is 0.261. The minimum absolute atomic E-state index is 0.0756. The Hall–Kier alpha value is -3.06. The number of fused-ring (bicyclic) bond motifs is 1. The van der Waals surface area contributed by atoms with Gasteiger partial charge in [-0.15, -0.1) is 0 Å². The quantitative estimate of drug-likeness (QED) is 0.626. The Balaban J connectivity index is 1.47. The Bertz CT molecular complexity index is 1140. The van der Waals surface area contributed by atoms with E-state index in [0.717, 1.165) is 24.2 Å². The first-order valence-electron chi connectivity index (χ1n) is 9.99. The maximum absolute atomic E-state index is 13.2. The van der Waals surface area contributed by atoms with Crippen LogP contribution in [0.5, 0.6) is 0 Å². The van der Waals surface area contributed by atoms with Gasteiger partial charge in [-0.1, -0.05) is 24.3 Å². The van der Waals surface area contributed by atoms with Crippen molar-refractivity contribution < 1.29 is 17.6 Å². The molecule has 0 unspecified atom stereocenters. The second-order valence-corrected chi connectivity index (χ2v) is 9.34. The number of anilines is 1. The fourth-order valence-corrected chi connectivity index (χ4v) is 5.23. The van der Waals surface area contributed by atoms with Crippen molar-refractivity contribution in [1.82, 2.24) is 5.32 Å². The number of sulfonamides is 1. The van der Waals surface area contributed by atoms with Crippen molar-refractivity contribution in [2.24, 2.45) is 0 Å². The van der Waals surface area contributed by atoms with E-state index >= 15 is 0 Å². The monoisotopic (exact) mass is 424 g/mol. The van der Waals surface area contributed by atoms with Crippen molar-refractivity contribution in [2.75, 3.05) is 10.8 Å². The number of rotatable bonds is 7. The largest absolute Gasteiger partial charge is 0.469 e. The molecular weight excluding hydrogens is 400 g/mol. The molecule has 3 aromatic rings. The molecule has 0 spiro atoms. The van der Waals surface area contributed by atoms with Crippen LogP contribution in [0.3, 0.4) is 0 Å². The molecule has 30 heavy (non-hydrogen) atoms. The molecule has 0 saturated carbocycles. The van der Waals surface area contributed by atoms with Crippen LogP contribution in [-0.2, 0) is 22.9 Å². The van der Waals surface area contributed by atoms with Gasteiger partial charge in [-0.3, -0.25) is 9.10 Å². The number of hydrogen-bond donors (Lipinski definition) is 1. The molecule has 0 radical (unpaired) electrons. The lowest BCUT2D eigenvalue weighted by atomic mass is 10.1. The highest BCUT2D eigenvalue weighted by atomic mass is 32.2. The summed E-state index contributed by atoms with van der Waals surface area (Å²) in [4.78, 5) is 12.8. The van der Waals surface area contributed by atoms with Gasteiger partial charge in [0, 0.05) is 24.6 Å². The van der Waals surface area contributed by atoms with Gasteiger partial charge in [-0.25, -0.2) is 8.42 Å². The third kappa shape index (κ3) is 4.11. The zero-order valence-electron chi connectivity index (χ0n) is 16.7. The highest BCUT2D eigenvalue weighted by molar-refractivity contribution is 7.92. The molecule has 2 heterocycles. The fourth-order valence-electron chi connectivity index (χ4n) is 3.68. The minimum Gasteiger partial charge on any atom is -0.469 e. The second kappa shape index (κ2) is 8.36. The zero-order chi connectivity index (χ0) is 21.1. The van der Waals surface area contributed by atoms with Crippen molar-refractivity contribution in [1.29, 1.82) is 0 Å². The topological polar surface area (TPSA) is 79.6 Å². The van der Waals surface area contributed by atoms with Gasteiger partial charge in [0.25, 0.3) is 15.9 Å². The first-order valence-corrected chi connectivity index (χ1v) is 11.4. The Kier molecular flexibility index (Phi) is 5.63. The molecule has 0 saturated heterocycles.